The van der Waals surface area contributed by atoms with Gasteiger partial charge in [-0.05, 0) is 25.0 Å². The van der Waals surface area contributed by atoms with E-state index in [1.54, 1.807) is 45.0 Å². The quantitative estimate of drug-likeness (QED) is 0.708. The van der Waals surface area contributed by atoms with E-state index in [0.717, 1.165) is 0 Å². The minimum atomic E-state index is -1.00. The Balaban J connectivity index is 2.79. The predicted molar refractivity (Wildman–Crippen MR) is 87.4 cm³/mol. The molecular weight excluding hydrogens is 320 g/mol. The number of halogens is 1. The Labute approximate surface area is 140 Å². The fourth-order valence-electron chi connectivity index (χ4n) is 2.04. The third kappa shape index (κ3) is 5.90. The molecule has 2 amide bonds. The molecule has 0 heterocycles. The van der Waals surface area contributed by atoms with Crippen LogP contribution in [-0.2, 0) is 9.59 Å². The number of carbonyl (C=O) groups excluding carboxylic acids is 2. The highest BCUT2D eigenvalue weighted by Gasteiger charge is 2.26. The van der Waals surface area contributed by atoms with Crippen LogP contribution in [-0.4, -0.2) is 35.0 Å². The zero-order valence-corrected chi connectivity index (χ0v) is 14.1. The van der Waals surface area contributed by atoms with Crippen molar-refractivity contribution in [1.82, 2.24) is 10.6 Å². The molecule has 3 N–H and O–H groups in total. The van der Waals surface area contributed by atoms with E-state index in [4.69, 9.17) is 16.7 Å². The van der Waals surface area contributed by atoms with E-state index in [1.807, 2.05) is 0 Å². The third-order valence-corrected chi connectivity index (χ3v) is 3.55. The van der Waals surface area contributed by atoms with E-state index >= 15 is 0 Å². The highest BCUT2D eigenvalue weighted by molar-refractivity contribution is 6.33. The van der Waals surface area contributed by atoms with Crippen LogP contribution in [0, 0.1) is 5.92 Å². The lowest BCUT2D eigenvalue weighted by atomic mass is 10.0. The Morgan fingerprint density at radius 1 is 1.13 bits per heavy atom. The van der Waals surface area contributed by atoms with Gasteiger partial charge in [-0.2, -0.15) is 0 Å². The van der Waals surface area contributed by atoms with Crippen molar-refractivity contribution in [2.45, 2.75) is 39.3 Å². The van der Waals surface area contributed by atoms with Gasteiger partial charge >= 0.3 is 5.97 Å². The van der Waals surface area contributed by atoms with E-state index < -0.39 is 29.9 Å². The van der Waals surface area contributed by atoms with E-state index in [2.05, 4.69) is 10.6 Å². The number of aliphatic carboxylic acids is 1. The minimum absolute atomic E-state index is 0.168. The van der Waals surface area contributed by atoms with Crippen LogP contribution in [0.1, 0.15) is 37.6 Å². The molecule has 126 valence electrons. The second-order valence-electron chi connectivity index (χ2n) is 5.68. The zero-order valence-electron chi connectivity index (χ0n) is 13.3. The molecule has 0 aliphatic carbocycles. The fourth-order valence-corrected chi connectivity index (χ4v) is 2.27. The molecular formula is C16H21ClN2O4. The summed E-state index contributed by atoms with van der Waals surface area (Å²) in [6, 6.07) is 5.24. The van der Waals surface area contributed by atoms with Crippen LogP contribution >= 0.6 is 11.6 Å². The number of benzene rings is 1. The van der Waals surface area contributed by atoms with Crippen LogP contribution in [0.5, 0.6) is 0 Å². The Hall–Kier alpha value is -2.08. The monoisotopic (exact) mass is 340 g/mol. The van der Waals surface area contributed by atoms with E-state index in [0.29, 0.717) is 5.02 Å². The van der Waals surface area contributed by atoms with E-state index in [9.17, 15) is 14.4 Å². The molecule has 7 heteroatoms. The summed E-state index contributed by atoms with van der Waals surface area (Å²) >= 11 is 5.98. The average Bonchev–Trinajstić information content (AvgIpc) is 2.43. The smallest absolute Gasteiger partial charge is 0.305 e. The molecule has 6 nitrogen and oxygen atoms in total. The molecule has 0 spiro atoms. The number of hydrogen-bond donors (Lipinski definition) is 3. The van der Waals surface area contributed by atoms with Crippen molar-refractivity contribution in [3.05, 3.63) is 34.9 Å². The number of carbonyl (C=O) groups is 3. The molecule has 0 radical (unpaired) electrons. The Morgan fingerprint density at radius 2 is 1.74 bits per heavy atom. The summed E-state index contributed by atoms with van der Waals surface area (Å²) in [5, 5.41) is 14.3. The summed E-state index contributed by atoms with van der Waals surface area (Å²) in [6.07, 6.45) is -0.186. The van der Waals surface area contributed by atoms with Gasteiger partial charge in [-0.3, -0.25) is 14.4 Å². The van der Waals surface area contributed by atoms with Gasteiger partial charge in [-0.25, -0.2) is 0 Å². The lowest BCUT2D eigenvalue weighted by molar-refractivity contribution is -0.137. The van der Waals surface area contributed by atoms with Crippen molar-refractivity contribution >= 4 is 29.4 Å². The molecule has 0 aliphatic heterocycles. The van der Waals surface area contributed by atoms with Crippen LogP contribution in [0.3, 0.4) is 0 Å². The maximum atomic E-state index is 12.3. The molecule has 0 bridgehead atoms. The lowest BCUT2D eigenvalue weighted by Gasteiger charge is -2.23. The van der Waals surface area contributed by atoms with Crippen molar-refractivity contribution in [2.24, 2.45) is 5.92 Å². The Morgan fingerprint density at radius 3 is 2.26 bits per heavy atom. The summed E-state index contributed by atoms with van der Waals surface area (Å²) in [6.45, 7) is 5.18. The van der Waals surface area contributed by atoms with Crippen molar-refractivity contribution in [3.8, 4) is 0 Å². The van der Waals surface area contributed by atoms with Gasteiger partial charge < -0.3 is 15.7 Å². The summed E-state index contributed by atoms with van der Waals surface area (Å²) in [7, 11) is 0. The van der Waals surface area contributed by atoms with Crippen molar-refractivity contribution in [2.75, 3.05) is 0 Å². The minimum Gasteiger partial charge on any atom is -0.481 e. The van der Waals surface area contributed by atoms with Crippen molar-refractivity contribution < 1.29 is 19.5 Å². The second kappa shape index (κ2) is 8.53. The highest BCUT2D eigenvalue weighted by Crippen LogP contribution is 2.15. The van der Waals surface area contributed by atoms with Crippen molar-refractivity contribution in [3.63, 3.8) is 0 Å². The number of rotatable bonds is 7. The van der Waals surface area contributed by atoms with Gasteiger partial charge in [-0.1, -0.05) is 37.6 Å². The molecule has 2 atom stereocenters. The van der Waals surface area contributed by atoms with Crippen LogP contribution in [0.4, 0.5) is 0 Å². The first kappa shape index (κ1) is 19.0. The molecule has 0 aliphatic rings. The normalized spacial score (nSPS) is 13.3. The molecule has 0 saturated carbocycles. The molecule has 0 saturated heterocycles. The van der Waals surface area contributed by atoms with E-state index in [1.165, 1.54) is 0 Å². The first-order valence-electron chi connectivity index (χ1n) is 7.30. The summed E-state index contributed by atoms with van der Waals surface area (Å²) in [5.41, 5.74) is 0.284. The summed E-state index contributed by atoms with van der Waals surface area (Å²) in [4.78, 5) is 35.2. The molecule has 23 heavy (non-hydrogen) atoms. The second-order valence-corrected chi connectivity index (χ2v) is 6.09. The largest absolute Gasteiger partial charge is 0.481 e. The van der Waals surface area contributed by atoms with Gasteiger partial charge in [0.05, 0.1) is 17.0 Å². The average molecular weight is 341 g/mol. The molecule has 1 rings (SSSR count). The van der Waals surface area contributed by atoms with Crippen LogP contribution in [0.2, 0.25) is 5.02 Å². The fraction of sp³-hybridized carbons (Fsp3) is 0.438. The van der Waals surface area contributed by atoms with Gasteiger partial charge in [0.25, 0.3) is 5.91 Å². The number of hydrogen-bond acceptors (Lipinski definition) is 3. The summed E-state index contributed by atoms with van der Waals surface area (Å²) in [5.74, 6) is -2.04. The summed E-state index contributed by atoms with van der Waals surface area (Å²) < 4.78 is 0. The van der Waals surface area contributed by atoms with Gasteiger partial charge in [0.2, 0.25) is 5.91 Å². The van der Waals surface area contributed by atoms with E-state index in [-0.39, 0.29) is 17.9 Å². The van der Waals surface area contributed by atoms with Gasteiger partial charge in [-0.15, -0.1) is 0 Å². The first-order chi connectivity index (χ1) is 10.7. The standard InChI is InChI=1S/C16H21ClN2O4/c1-9(2)14(16(23)18-10(3)8-13(20)21)19-15(22)11-6-4-5-7-12(11)17/h4-7,9-10,14H,8H2,1-3H3,(H,18,23)(H,19,22)(H,20,21). The highest BCUT2D eigenvalue weighted by atomic mass is 35.5. The topological polar surface area (TPSA) is 95.5 Å². The van der Waals surface area contributed by atoms with Crippen LogP contribution < -0.4 is 10.6 Å². The molecule has 2 unspecified atom stereocenters. The third-order valence-electron chi connectivity index (χ3n) is 3.22. The van der Waals surface area contributed by atoms with Crippen molar-refractivity contribution in [1.29, 1.82) is 0 Å². The Bertz CT molecular complexity index is 589. The maximum absolute atomic E-state index is 12.3. The number of carboxylic acid groups (broad SMARTS) is 1. The molecule has 1 aromatic rings. The molecule has 1 aromatic carbocycles. The zero-order chi connectivity index (χ0) is 17.6. The molecule has 0 aromatic heterocycles. The van der Waals surface area contributed by atoms with Gasteiger partial charge in [0.1, 0.15) is 6.04 Å². The van der Waals surface area contributed by atoms with Crippen LogP contribution in [0.15, 0.2) is 24.3 Å². The SMILES string of the molecule is CC(CC(=O)O)NC(=O)C(NC(=O)c1ccccc1Cl)C(C)C. The van der Waals surface area contributed by atoms with Gasteiger partial charge in [0, 0.05) is 6.04 Å². The first-order valence-corrected chi connectivity index (χ1v) is 7.67. The van der Waals surface area contributed by atoms with Gasteiger partial charge in [0.15, 0.2) is 0 Å². The van der Waals surface area contributed by atoms with Crippen LogP contribution in [0.25, 0.3) is 0 Å². The number of nitrogens with one attached hydrogen (secondary N) is 2. The lowest BCUT2D eigenvalue weighted by Crippen LogP contribution is -2.51. The number of carboxylic acids is 1. The predicted octanol–water partition coefficient (Wildman–Crippen LogP) is 2.07. The molecule has 0 fully saturated rings. The number of amides is 2. The maximum Gasteiger partial charge on any atom is 0.305 e. The Kier molecular flexibility index (Phi) is 7.03.